The zero-order valence-corrected chi connectivity index (χ0v) is 18.9. The number of nitrogens with zero attached hydrogens (tertiary/aromatic N) is 1. The Hall–Kier alpha value is -3.64. The maximum atomic E-state index is 12.6. The van der Waals surface area contributed by atoms with Crippen molar-refractivity contribution >= 4 is 28.2 Å². The van der Waals surface area contributed by atoms with Crippen LogP contribution in [0.15, 0.2) is 65.5 Å². The predicted octanol–water partition coefficient (Wildman–Crippen LogP) is 5.96. The maximum absolute atomic E-state index is 12.6. The summed E-state index contributed by atoms with van der Waals surface area (Å²) in [5.74, 6) is 0.522. The molecule has 6 nitrogen and oxygen atoms in total. The second-order valence-electron chi connectivity index (χ2n) is 8.03. The van der Waals surface area contributed by atoms with E-state index in [1.165, 1.54) is 18.5 Å². The molecule has 0 unspecified atom stereocenters. The molecule has 7 heteroatoms. The highest BCUT2D eigenvalue weighted by Gasteiger charge is 2.18. The lowest BCUT2D eigenvalue weighted by Crippen LogP contribution is -2.17. The first-order valence-electron chi connectivity index (χ1n) is 10.8. The number of pyridine rings is 1. The molecule has 1 aromatic heterocycles. The highest BCUT2D eigenvalue weighted by molar-refractivity contribution is 6.34. The molecule has 0 radical (unpaired) electrons. The summed E-state index contributed by atoms with van der Waals surface area (Å²) in [6, 6.07) is 18.5. The second-order valence-corrected chi connectivity index (χ2v) is 8.44. The van der Waals surface area contributed by atoms with Crippen LogP contribution >= 0.6 is 11.6 Å². The van der Waals surface area contributed by atoms with E-state index in [-0.39, 0.29) is 11.5 Å². The Kier molecular flexibility index (Phi) is 5.60. The zero-order valence-electron chi connectivity index (χ0n) is 18.1. The molecule has 3 aromatic carbocycles. The van der Waals surface area contributed by atoms with Gasteiger partial charge in [-0.3, -0.25) is 4.79 Å². The van der Waals surface area contributed by atoms with Gasteiger partial charge in [-0.25, -0.2) is 0 Å². The van der Waals surface area contributed by atoms with Gasteiger partial charge in [-0.15, -0.1) is 0 Å². The SMILES string of the molecule is COc1cccc(Oc2c(O)c3cc(-c4ccc(N5CCCC5)cc4)c(Cl)cc3[nH]c2=O)c1. The summed E-state index contributed by atoms with van der Waals surface area (Å²) in [5, 5.41) is 11.9. The molecule has 5 rings (SSSR count). The number of aromatic hydroxyl groups is 1. The molecule has 2 N–H and O–H groups in total. The van der Waals surface area contributed by atoms with Crippen LogP contribution in [0.1, 0.15) is 12.8 Å². The summed E-state index contributed by atoms with van der Waals surface area (Å²) in [6.07, 6.45) is 2.44. The Bertz CT molecular complexity index is 1380. The van der Waals surface area contributed by atoms with Gasteiger partial charge < -0.3 is 24.5 Å². The zero-order chi connectivity index (χ0) is 22.9. The monoisotopic (exact) mass is 462 g/mol. The van der Waals surface area contributed by atoms with Gasteiger partial charge in [0, 0.05) is 35.8 Å². The molecule has 168 valence electrons. The summed E-state index contributed by atoms with van der Waals surface area (Å²) in [7, 11) is 1.54. The predicted molar refractivity (Wildman–Crippen MR) is 131 cm³/mol. The van der Waals surface area contributed by atoms with Crippen molar-refractivity contribution in [1.82, 2.24) is 4.98 Å². The van der Waals surface area contributed by atoms with Gasteiger partial charge >= 0.3 is 0 Å². The number of rotatable bonds is 5. The molecular formula is C26H23ClN2O4. The Balaban J connectivity index is 1.54. The number of H-pyrrole nitrogens is 1. The lowest BCUT2D eigenvalue weighted by molar-refractivity contribution is 0.397. The Morgan fingerprint density at radius 3 is 2.45 bits per heavy atom. The van der Waals surface area contributed by atoms with E-state index in [0.29, 0.717) is 27.4 Å². The summed E-state index contributed by atoms with van der Waals surface area (Å²) < 4.78 is 10.9. The molecule has 0 aliphatic carbocycles. The number of nitrogens with one attached hydrogen (secondary N) is 1. The third kappa shape index (κ3) is 4.10. The number of hydrogen-bond acceptors (Lipinski definition) is 5. The van der Waals surface area contributed by atoms with Crippen molar-refractivity contribution in [2.45, 2.75) is 12.8 Å². The molecule has 33 heavy (non-hydrogen) atoms. The number of ether oxygens (including phenoxy) is 2. The number of aromatic nitrogens is 1. The maximum Gasteiger partial charge on any atom is 0.295 e. The largest absolute Gasteiger partial charge is 0.504 e. The van der Waals surface area contributed by atoms with E-state index >= 15 is 0 Å². The summed E-state index contributed by atoms with van der Waals surface area (Å²) in [6.45, 7) is 2.15. The first-order chi connectivity index (χ1) is 16.0. The van der Waals surface area contributed by atoms with Crippen LogP contribution in [0.4, 0.5) is 5.69 Å². The summed E-state index contributed by atoms with van der Waals surface area (Å²) in [4.78, 5) is 17.7. The number of anilines is 1. The van der Waals surface area contributed by atoms with E-state index in [4.69, 9.17) is 21.1 Å². The first-order valence-corrected chi connectivity index (χ1v) is 11.2. The number of halogens is 1. The Labute approximate surface area is 196 Å². The molecule has 1 aliphatic heterocycles. The van der Waals surface area contributed by atoms with Gasteiger partial charge in [-0.05, 0) is 54.8 Å². The molecule has 0 saturated carbocycles. The van der Waals surface area contributed by atoms with Crippen LogP contribution in [0.2, 0.25) is 5.02 Å². The molecule has 0 atom stereocenters. The number of aromatic amines is 1. The van der Waals surface area contributed by atoms with E-state index in [1.807, 2.05) is 12.1 Å². The topological polar surface area (TPSA) is 74.8 Å². The van der Waals surface area contributed by atoms with Crippen molar-refractivity contribution in [2.75, 3.05) is 25.1 Å². The van der Waals surface area contributed by atoms with Crippen molar-refractivity contribution in [1.29, 1.82) is 0 Å². The fourth-order valence-electron chi connectivity index (χ4n) is 4.21. The van der Waals surface area contributed by atoms with Crippen LogP contribution in [-0.2, 0) is 0 Å². The van der Waals surface area contributed by atoms with E-state index in [0.717, 1.165) is 24.2 Å². The van der Waals surface area contributed by atoms with Gasteiger partial charge in [0.1, 0.15) is 11.5 Å². The molecule has 0 spiro atoms. The third-order valence-electron chi connectivity index (χ3n) is 5.94. The van der Waals surface area contributed by atoms with Gasteiger partial charge in [0.15, 0.2) is 5.75 Å². The van der Waals surface area contributed by atoms with Crippen molar-refractivity contribution in [3.63, 3.8) is 0 Å². The van der Waals surface area contributed by atoms with Gasteiger partial charge in [0.25, 0.3) is 5.56 Å². The van der Waals surface area contributed by atoms with E-state index < -0.39 is 5.56 Å². The summed E-state index contributed by atoms with van der Waals surface area (Å²) >= 11 is 6.55. The first kappa shape index (κ1) is 21.2. The molecule has 1 aliphatic rings. The minimum absolute atomic E-state index is 0.187. The van der Waals surface area contributed by atoms with Gasteiger partial charge in [0.2, 0.25) is 5.75 Å². The van der Waals surface area contributed by atoms with Crippen LogP contribution in [0, 0.1) is 0 Å². The van der Waals surface area contributed by atoms with Crippen LogP contribution in [0.5, 0.6) is 23.0 Å². The molecule has 2 heterocycles. The highest BCUT2D eigenvalue weighted by Crippen LogP contribution is 2.39. The minimum Gasteiger partial charge on any atom is -0.504 e. The minimum atomic E-state index is -0.554. The highest BCUT2D eigenvalue weighted by atomic mass is 35.5. The van der Waals surface area contributed by atoms with Crippen LogP contribution in [-0.4, -0.2) is 30.3 Å². The van der Waals surface area contributed by atoms with Crippen molar-refractivity contribution in [3.8, 4) is 34.1 Å². The normalized spacial score (nSPS) is 13.5. The Morgan fingerprint density at radius 2 is 1.73 bits per heavy atom. The van der Waals surface area contributed by atoms with Crippen molar-refractivity contribution in [2.24, 2.45) is 0 Å². The molecule has 1 fully saturated rings. The second kappa shape index (κ2) is 8.71. The molecule has 0 amide bonds. The van der Waals surface area contributed by atoms with Gasteiger partial charge in [-0.1, -0.05) is 29.8 Å². The van der Waals surface area contributed by atoms with E-state index in [1.54, 1.807) is 43.5 Å². The van der Waals surface area contributed by atoms with E-state index in [2.05, 4.69) is 22.0 Å². The fourth-order valence-corrected chi connectivity index (χ4v) is 4.48. The molecular weight excluding hydrogens is 440 g/mol. The fraction of sp³-hybridized carbons (Fsp3) is 0.192. The standard InChI is InChI=1S/C26H23ClN2O4/c1-32-18-5-4-6-19(13-18)33-25-24(30)21-14-20(22(27)15-23(21)28-26(25)31)16-7-9-17(10-8-16)29-11-2-3-12-29/h4-10,13-15H,2-3,11-12H2,1H3,(H2,28,30,31). The van der Waals surface area contributed by atoms with E-state index in [9.17, 15) is 9.90 Å². The quantitative estimate of drug-likeness (QED) is 0.383. The lowest BCUT2D eigenvalue weighted by Gasteiger charge is -2.18. The van der Waals surface area contributed by atoms with Crippen molar-refractivity contribution < 1.29 is 14.6 Å². The third-order valence-corrected chi connectivity index (χ3v) is 6.26. The number of fused-ring (bicyclic) bond motifs is 1. The van der Waals surface area contributed by atoms with Crippen LogP contribution in [0.3, 0.4) is 0 Å². The van der Waals surface area contributed by atoms with Crippen LogP contribution in [0.25, 0.3) is 22.0 Å². The average molecular weight is 463 g/mol. The van der Waals surface area contributed by atoms with Gasteiger partial charge in [-0.2, -0.15) is 0 Å². The molecule has 1 saturated heterocycles. The Morgan fingerprint density at radius 1 is 1.00 bits per heavy atom. The smallest absolute Gasteiger partial charge is 0.295 e. The number of hydrogen-bond donors (Lipinski definition) is 2. The average Bonchev–Trinajstić information content (AvgIpc) is 3.37. The van der Waals surface area contributed by atoms with Gasteiger partial charge in [0.05, 0.1) is 17.6 Å². The molecule has 4 aromatic rings. The van der Waals surface area contributed by atoms with Crippen LogP contribution < -0.4 is 19.9 Å². The number of benzene rings is 3. The summed E-state index contributed by atoms with van der Waals surface area (Å²) in [5.41, 5.74) is 2.74. The lowest BCUT2D eigenvalue weighted by atomic mass is 10.0. The number of methoxy groups -OCH3 is 1. The molecule has 0 bridgehead atoms. The van der Waals surface area contributed by atoms with Crippen molar-refractivity contribution in [3.05, 3.63) is 76.0 Å².